The molecule has 1 aliphatic rings. The van der Waals surface area contributed by atoms with Gasteiger partial charge in [-0.1, -0.05) is 31.9 Å². The van der Waals surface area contributed by atoms with Crippen molar-refractivity contribution in [2.75, 3.05) is 0 Å². The van der Waals surface area contributed by atoms with Gasteiger partial charge in [0.15, 0.2) is 0 Å². The first-order valence-electron chi connectivity index (χ1n) is 6.81. The van der Waals surface area contributed by atoms with E-state index in [2.05, 4.69) is 24.2 Å². The molecule has 2 atom stereocenters. The van der Waals surface area contributed by atoms with Crippen molar-refractivity contribution in [3.8, 4) is 0 Å². The Labute approximate surface area is 103 Å². The Bertz CT molecular complexity index is 363. The first-order valence-corrected chi connectivity index (χ1v) is 6.81. The van der Waals surface area contributed by atoms with E-state index < -0.39 is 5.60 Å². The smallest absolute Gasteiger partial charge is 0.108 e. The van der Waals surface area contributed by atoms with Gasteiger partial charge in [0.05, 0.1) is 11.9 Å². The molecule has 0 radical (unpaired) electrons. The zero-order valence-electron chi connectivity index (χ0n) is 10.9. The summed E-state index contributed by atoms with van der Waals surface area (Å²) in [6, 6.07) is 0. The summed E-state index contributed by atoms with van der Waals surface area (Å²) < 4.78 is 1.87. The van der Waals surface area contributed by atoms with Gasteiger partial charge in [-0.25, -0.2) is 4.68 Å². The Kier molecular flexibility index (Phi) is 3.82. The zero-order chi connectivity index (χ0) is 12.3. The minimum atomic E-state index is -0.697. The van der Waals surface area contributed by atoms with Crippen molar-refractivity contribution < 1.29 is 5.11 Å². The van der Waals surface area contributed by atoms with Crippen molar-refractivity contribution in [1.29, 1.82) is 0 Å². The molecular formula is C13H23N3O. The van der Waals surface area contributed by atoms with Crippen LogP contribution in [-0.4, -0.2) is 20.1 Å². The SMILES string of the molecule is CCCn1nncc1C1(O)CCCC(CC)C1. The van der Waals surface area contributed by atoms with Crippen molar-refractivity contribution in [3.63, 3.8) is 0 Å². The number of nitrogens with zero attached hydrogens (tertiary/aromatic N) is 3. The van der Waals surface area contributed by atoms with E-state index in [1.54, 1.807) is 6.20 Å². The van der Waals surface area contributed by atoms with E-state index in [0.29, 0.717) is 5.92 Å². The van der Waals surface area contributed by atoms with Gasteiger partial charge in [-0.05, 0) is 31.6 Å². The molecule has 1 saturated carbocycles. The van der Waals surface area contributed by atoms with E-state index in [4.69, 9.17) is 0 Å². The second-order valence-corrected chi connectivity index (χ2v) is 5.24. The molecule has 96 valence electrons. The average Bonchev–Trinajstić information content (AvgIpc) is 2.78. The Morgan fingerprint density at radius 2 is 2.35 bits per heavy atom. The van der Waals surface area contributed by atoms with Crippen molar-refractivity contribution >= 4 is 0 Å². The quantitative estimate of drug-likeness (QED) is 0.875. The van der Waals surface area contributed by atoms with Gasteiger partial charge in [0.25, 0.3) is 0 Å². The van der Waals surface area contributed by atoms with Crippen LogP contribution in [0.2, 0.25) is 0 Å². The summed E-state index contributed by atoms with van der Waals surface area (Å²) in [4.78, 5) is 0. The van der Waals surface area contributed by atoms with Gasteiger partial charge >= 0.3 is 0 Å². The molecule has 0 bridgehead atoms. The third-order valence-electron chi connectivity index (χ3n) is 3.94. The van der Waals surface area contributed by atoms with Crippen LogP contribution in [0.5, 0.6) is 0 Å². The van der Waals surface area contributed by atoms with Gasteiger partial charge in [-0.2, -0.15) is 0 Å². The summed E-state index contributed by atoms with van der Waals surface area (Å²) in [5.41, 5.74) is 0.218. The van der Waals surface area contributed by atoms with E-state index in [-0.39, 0.29) is 0 Å². The molecule has 0 amide bonds. The standard InChI is InChI=1S/C13H23N3O/c1-3-8-16-12(10-14-15-16)13(17)7-5-6-11(4-2)9-13/h10-11,17H,3-9H2,1-2H3. The van der Waals surface area contributed by atoms with Crippen LogP contribution in [0.15, 0.2) is 6.20 Å². The summed E-state index contributed by atoms with van der Waals surface area (Å²) in [5.74, 6) is 0.638. The molecular weight excluding hydrogens is 214 g/mol. The number of hydrogen-bond acceptors (Lipinski definition) is 3. The van der Waals surface area contributed by atoms with Crippen LogP contribution in [0.1, 0.15) is 58.1 Å². The molecule has 1 aliphatic carbocycles. The maximum Gasteiger partial charge on any atom is 0.108 e. The van der Waals surface area contributed by atoms with E-state index in [1.807, 2.05) is 4.68 Å². The number of aryl methyl sites for hydroxylation is 1. The Balaban J connectivity index is 2.21. The van der Waals surface area contributed by atoms with Gasteiger partial charge in [0, 0.05) is 6.54 Å². The molecule has 0 aromatic carbocycles. The van der Waals surface area contributed by atoms with Gasteiger partial charge in [0.2, 0.25) is 0 Å². The highest BCUT2D eigenvalue weighted by atomic mass is 16.3. The molecule has 2 unspecified atom stereocenters. The summed E-state index contributed by atoms with van der Waals surface area (Å²) >= 11 is 0. The molecule has 17 heavy (non-hydrogen) atoms. The van der Waals surface area contributed by atoms with Gasteiger partial charge in [0.1, 0.15) is 5.60 Å². The molecule has 1 aromatic heterocycles. The van der Waals surface area contributed by atoms with Crippen molar-refractivity contribution in [3.05, 3.63) is 11.9 Å². The topological polar surface area (TPSA) is 50.9 Å². The van der Waals surface area contributed by atoms with E-state index in [0.717, 1.165) is 44.3 Å². The van der Waals surface area contributed by atoms with Crippen LogP contribution in [0, 0.1) is 5.92 Å². The Morgan fingerprint density at radius 3 is 3.06 bits per heavy atom. The highest BCUT2D eigenvalue weighted by molar-refractivity contribution is 5.10. The predicted molar refractivity (Wildman–Crippen MR) is 66.5 cm³/mol. The molecule has 1 fully saturated rings. The lowest BCUT2D eigenvalue weighted by Crippen LogP contribution is -2.35. The fraction of sp³-hybridized carbons (Fsp3) is 0.846. The molecule has 1 heterocycles. The highest BCUT2D eigenvalue weighted by Crippen LogP contribution is 2.40. The van der Waals surface area contributed by atoms with E-state index in [1.165, 1.54) is 6.42 Å². The maximum atomic E-state index is 10.8. The first kappa shape index (κ1) is 12.6. The van der Waals surface area contributed by atoms with Gasteiger partial charge in [-0.15, -0.1) is 5.10 Å². The second kappa shape index (κ2) is 5.17. The third-order valence-corrected chi connectivity index (χ3v) is 3.94. The van der Waals surface area contributed by atoms with E-state index >= 15 is 0 Å². The fourth-order valence-electron chi connectivity index (χ4n) is 2.94. The molecule has 4 heteroatoms. The monoisotopic (exact) mass is 237 g/mol. The van der Waals surface area contributed by atoms with Crippen molar-refractivity contribution in [2.24, 2.45) is 5.92 Å². The Hall–Kier alpha value is -0.900. The first-order chi connectivity index (χ1) is 8.19. The number of hydrogen-bond donors (Lipinski definition) is 1. The number of aliphatic hydroxyl groups is 1. The molecule has 4 nitrogen and oxygen atoms in total. The molecule has 2 rings (SSSR count). The fourth-order valence-corrected chi connectivity index (χ4v) is 2.94. The minimum absolute atomic E-state index is 0.638. The summed E-state index contributed by atoms with van der Waals surface area (Å²) in [6.45, 7) is 5.16. The maximum absolute atomic E-state index is 10.8. The minimum Gasteiger partial charge on any atom is -0.383 e. The summed E-state index contributed by atoms with van der Waals surface area (Å²) in [6.07, 6.45) is 7.97. The van der Waals surface area contributed by atoms with Crippen molar-refractivity contribution in [2.45, 2.75) is 64.5 Å². The lowest BCUT2D eigenvalue weighted by Gasteiger charge is -2.36. The van der Waals surface area contributed by atoms with Crippen LogP contribution < -0.4 is 0 Å². The second-order valence-electron chi connectivity index (χ2n) is 5.24. The molecule has 1 aromatic rings. The van der Waals surface area contributed by atoms with Crippen LogP contribution in [0.3, 0.4) is 0 Å². The molecule has 0 spiro atoms. The van der Waals surface area contributed by atoms with Crippen LogP contribution in [0.25, 0.3) is 0 Å². The van der Waals surface area contributed by atoms with Crippen LogP contribution in [-0.2, 0) is 12.1 Å². The molecule has 0 aliphatic heterocycles. The summed E-state index contributed by atoms with van der Waals surface area (Å²) in [7, 11) is 0. The lowest BCUT2D eigenvalue weighted by atomic mass is 9.75. The predicted octanol–water partition coefficient (Wildman–Crippen LogP) is 2.48. The lowest BCUT2D eigenvalue weighted by molar-refractivity contribution is -0.0291. The van der Waals surface area contributed by atoms with Gasteiger partial charge in [-0.3, -0.25) is 0 Å². The normalized spacial score (nSPS) is 29.5. The third kappa shape index (κ3) is 2.51. The van der Waals surface area contributed by atoms with Crippen LogP contribution >= 0.6 is 0 Å². The summed E-state index contributed by atoms with van der Waals surface area (Å²) in [5, 5.41) is 18.9. The number of rotatable bonds is 4. The zero-order valence-corrected chi connectivity index (χ0v) is 10.9. The van der Waals surface area contributed by atoms with Crippen LogP contribution in [0.4, 0.5) is 0 Å². The van der Waals surface area contributed by atoms with Crippen molar-refractivity contribution in [1.82, 2.24) is 15.0 Å². The number of aromatic nitrogens is 3. The molecule has 1 N–H and O–H groups in total. The average molecular weight is 237 g/mol. The highest BCUT2D eigenvalue weighted by Gasteiger charge is 2.38. The Morgan fingerprint density at radius 1 is 1.53 bits per heavy atom. The van der Waals surface area contributed by atoms with E-state index in [9.17, 15) is 5.11 Å². The van der Waals surface area contributed by atoms with Gasteiger partial charge < -0.3 is 5.11 Å². The largest absolute Gasteiger partial charge is 0.383 e. The molecule has 0 saturated heterocycles.